The van der Waals surface area contributed by atoms with Gasteiger partial charge >= 0.3 is 0 Å². The fraction of sp³-hybridized carbons (Fsp3) is 0.190. The number of nitrogens with zero attached hydrogens (tertiary/aromatic N) is 2. The lowest BCUT2D eigenvalue weighted by molar-refractivity contribution is 0.225. The molecule has 0 saturated heterocycles. The molecule has 4 nitrogen and oxygen atoms in total. The zero-order valence-corrected chi connectivity index (χ0v) is 15.4. The van der Waals surface area contributed by atoms with Gasteiger partial charge in [-0.3, -0.25) is 4.90 Å². The summed E-state index contributed by atoms with van der Waals surface area (Å²) in [6, 6.07) is 18.2. The minimum absolute atomic E-state index is 0.673. The maximum absolute atomic E-state index is 5.91. The third kappa shape index (κ3) is 3.95. The number of furan rings is 1. The molecule has 0 atom stereocenters. The first kappa shape index (κ1) is 16.8. The zero-order valence-electron chi connectivity index (χ0n) is 14.6. The molecular weight excluding hydrogens is 344 g/mol. The maximum Gasteiger partial charge on any atom is 0.226 e. The second kappa shape index (κ2) is 7.72. The van der Waals surface area contributed by atoms with Crippen molar-refractivity contribution in [2.24, 2.45) is 0 Å². The third-order valence-corrected chi connectivity index (χ3v) is 5.07. The Hall–Kier alpha value is -2.63. The summed E-state index contributed by atoms with van der Waals surface area (Å²) >= 11 is 1.76. The lowest BCUT2D eigenvalue weighted by atomic mass is 10.2. The summed E-state index contributed by atoms with van der Waals surface area (Å²) < 4.78 is 11.5. The van der Waals surface area contributed by atoms with E-state index >= 15 is 0 Å². The fourth-order valence-electron chi connectivity index (χ4n) is 2.90. The minimum atomic E-state index is 0.673. The fourth-order valence-corrected chi connectivity index (χ4v) is 3.65. The first-order valence-corrected chi connectivity index (χ1v) is 9.45. The average Bonchev–Trinajstić information content (AvgIpc) is 3.40. The SMILES string of the molecule is Cc1oc(-c2ccccc2)nc1CN(Cc1ccco1)Cc1cccs1. The molecule has 4 rings (SSSR count). The van der Waals surface area contributed by atoms with Crippen LogP contribution < -0.4 is 0 Å². The van der Waals surface area contributed by atoms with E-state index in [2.05, 4.69) is 22.4 Å². The van der Waals surface area contributed by atoms with Crippen molar-refractivity contribution in [3.05, 3.63) is 88.3 Å². The van der Waals surface area contributed by atoms with Crippen molar-refractivity contribution in [3.8, 4) is 11.5 Å². The van der Waals surface area contributed by atoms with Gasteiger partial charge in [0.1, 0.15) is 11.5 Å². The highest BCUT2D eigenvalue weighted by Gasteiger charge is 2.17. The number of aryl methyl sites for hydroxylation is 1. The van der Waals surface area contributed by atoms with Gasteiger partial charge in [-0.25, -0.2) is 4.98 Å². The zero-order chi connectivity index (χ0) is 17.8. The highest BCUT2D eigenvalue weighted by Crippen LogP contribution is 2.24. The predicted molar refractivity (Wildman–Crippen MR) is 103 cm³/mol. The molecule has 0 saturated carbocycles. The van der Waals surface area contributed by atoms with Gasteiger partial charge in [0.2, 0.25) is 5.89 Å². The normalized spacial score (nSPS) is 11.3. The standard InChI is InChI=1S/C21H20N2O2S/c1-16-20(22-21(25-16)17-7-3-2-4-8-17)15-23(13-18-9-5-11-24-18)14-19-10-6-12-26-19/h2-12H,13-15H2,1H3. The summed E-state index contributed by atoms with van der Waals surface area (Å²) in [5.74, 6) is 2.48. The van der Waals surface area contributed by atoms with Crippen molar-refractivity contribution < 1.29 is 8.83 Å². The third-order valence-electron chi connectivity index (χ3n) is 4.21. The Kier molecular flexibility index (Phi) is 5.00. The molecule has 26 heavy (non-hydrogen) atoms. The Labute approximate surface area is 156 Å². The van der Waals surface area contributed by atoms with Crippen molar-refractivity contribution in [3.63, 3.8) is 0 Å². The Morgan fingerprint density at radius 2 is 1.85 bits per heavy atom. The van der Waals surface area contributed by atoms with Crippen LogP contribution in [0.1, 0.15) is 22.1 Å². The van der Waals surface area contributed by atoms with Gasteiger partial charge in [0.25, 0.3) is 0 Å². The van der Waals surface area contributed by atoms with Gasteiger partial charge in [0, 0.05) is 23.5 Å². The van der Waals surface area contributed by atoms with Crippen molar-refractivity contribution in [2.45, 2.75) is 26.6 Å². The Balaban J connectivity index is 1.56. The smallest absolute Gasteiger partial charge is 0.226 e. The molecule has 132 valence electrons. The molecular formula is C21H20N2O2S. The molecule has 0 aliphatic carbocycles. The van der Waals surface area contributed by atoms with Gasteiger partial charge < -0.3 is 8.83 Å². The highest BCUT2D eigenvalue weighted by molar-refractivity contribution is 7.09. The van der Waals surface area contributed by atoms with Crippen LogP contribution in [0, 0.1) is 6.92 Å². The maximum atomic E-state index is 5.91. The van der Waals surface area contributed by atoms with E-state index in [1.54, 1.807) is 17.6 Å². The van der Waals surface area contributed by atoms with Crippen LogP contribution in [0.25, 0.3) is 11.5 Å². The van der Waals surface area contributed by atoms with Crippen LogP contribution in [0.3, 0.4) is 0 Å². The van der Waals surface area contributed by atoms with Crippen LogP contribution in [-0.2, 0) is 19.6 Å². The van der Waals surface area contributed by atoms with E-state index in [4.69, 9.17) is 13.8 Å². The second-order valence-corrected chi connectivity index (χ2v) is 7.22. The van der Waals surface area contributed by atoms with Crippen molar-refractivity contribution in [1.82, 2.24) is 9.88 Å². The summed E-state index contributed by atoms with van der Waals surface area (Å²) in [5, 5.41) is 2.11. The van der Waals surface area contributed by atoms with E-state index in [1.807, 2.05) is 49.4 Å². The van der Waals surface area contributed by atoms with Gasteiger partial charge in [0.15, 0.2) is 0 Å². The molecule has 1 aromatic carbocycles. The number of hydrogen-bond donors (Lipinski definition) is 0. The Bertz CT molecular complexity index is 892. The van der Waals surface area contributed by atoms with Gasteiger partial charge in [-0.2, -0.15) is 0 Å². The van der Waals surface area contributed by atoms with Gasteiger partial charge in [0.05, 0.1) is 18.5 Å². The van der Waals surface area contributed by atoms with E-state index in [0.29, 0.717) is 12.4 Å². The molecule has 0 radical (unpaired) electrons. The number of benzene rings is 1. The van der Waals surface area contributed by atoms with E-state index in [9.17, 15) is 0 Å². The summed E-state index contributed by atoms with van der Waals surface area (Å²) in [4.78, 5) is 8.39. The van der Waals surface area contributed by atoms with E-state index in [0.717, 1.165) is 35.9 Å². The summed E-state index contributed by atoms with van der Waals surface area (Å²) in [6.45, 7) is 4.27. The lowest BCUT2D eigenvalue weighted by Crippen LogP contribution is -2.22. The number of thiophene rings is 1. The predicted octanol–water partition coefficient (Wildman–Crippen LogP) is 5.51. The van der Waals surface area contributed by atoms with E-state index in [1.165, 1.54) is 4.88 Å². The molecule has 4 aromatic rings. The quantitative estimate of drug-likeness (QED) is 0.434. The molecule has 0 fully saturated rings. The molecule has 3 heterocycles. The van der Waals surface area contributed by atoms with Crippen LogP contribution in [0.2, 0.25) is 0 Å². The van der Waals surface area contributed by atoms with Gasteiger partial charge in [-0.05, 0) is 42.6 Å². The van der Waals surface area contributed by atoms with Crippen LogP contribution in [0.5, 0.6) is 0 Å². The number of oxazole rings is 1. The topological polar surface area (TPSA) is 42.4 Å². The lowest BCUT2D eigenvalue weighted by Gasteiger charge is -2.19. The molecule has 0 unspecified atom stereocenters. The molecule has 0 aliphatic rings. The van der Waals surface area contributed by atoms with Gasteiger partial charge in [-0.15, -0.1) is 11.3 Å². The van der Waals surface area contributed by atoms with Crippen molar-refractivity contribution in [2.75, 3.05) is 0 Å². The van der Waals surface area contributed by atoms with E-state index in [-0.39, 0.29) is 0 Å². The number of aromatic nitrogens is 1. The van der Waals surface area contributed by atoms with Crippen LogP contribution >= 0.6 is 11.3 Å². The Morgan fingerprint density at radius 3 is 2.58 bits per heavy atom. The monoisotopic (exact) mass is 364 g/mol. The summed E-state index contributed by atoms with van der Waals surface area (Å²) in [7, 11) is 0. The van der Waals surface area contributed by atoms with Gasteiger partial charge in [-0.1, -0.05) is 24.3 Å². The minimum Gasteiger partial charge on any atom is -0.468 e. The van der Waals surface area contributed by atoms with Crippen LogP contribution in [0.4, 0.5) is 0 Å². The largest absolute Gasteiger partial charge is 0.468 e. The molecule has 3 aromatic heterocycles. The van der Waals surface area contributed by atoms with Crippen LogP contribution in [0.15, 0.2) is 75.1 Å². The first-order valence-electron chi connectivity index (χ1n) is 8.57. The molecule has 0 spiro atoms. The van der Waals surface area contributed by atoms with Crippen molar-refractivity contribution >= 4 is 11.3 Å². The first-order chi connectivity index (χ1) is 12.8. The second-order valence-electron chi connectivity index (χ2n) is 6.19. The number of rotatable bonds is 7. The van der Waals surface area contributed by atoms with Crippen LogP contribution in [-0.4, -0.2) is 9.88 Å². The highest BCUT2D eigenvalue weighted by atomic mass is 32.1. The molecule has 0 aliphatic heterocycles. The molecule has 0 amide bonds. The number of hydrogen-bond acceptors (Lipinski definition) is 5. The molecule has 0 bridgehead atoms. The average molecular weight is 364 g/mol. The summed E-state index contributed by atoms with van der Waals surface area (Å²) in [5.41, 5.74) is 1.96. The molecule has 5 heteroatoms. The van der Waals surface area contributed by atoms with Crippen molar-refractivity contribution in [1.29, 1.82) is 0 Å². The molecule has 0 N–H and O–H groups in total. The van der Waals surface area contributed by atoms with E-state index < -0.39 is 0 Å². The summed E-state index contributed by atoms with van der Waals surface area (Å²) in [6.07, 6.45) is 1.72. The Morgan fingerprint density at radius 1 is 0.962 bits per heavy atom.